The molecule has 2 heterocycles. The van der Waals surface area contributed by atoms with Crippen LogP contribution >= 0.6 is 0 Å². The summed E-state index contributed by atoms with van der Waals surface area (Å²) < 4.78 is 5.04. The molecule has 0 spiro atoms. The zero-order chi connectivity index (χ0) is 25.7. The summed E-state index contributed by atoms with van der Waals surface area (Å²) in [6.07, 6.45) is 0. The van der Waals surface area contributed by atoms with Crippen LogP contribution in [0.5, 0.6) is 5.75 Å². The average molecular weight is 487 g/mol. The van der Waals surface area contributed by atoms with Crippen LogP contribution in [0.25, 0.3) is 56.4 Å². The molecule has 0 N–H and O–H groups in total. The quantitative estimate of drug-likeness (QED) is 0.226. The number of para-hydroxylation sites is 1. The van der Waals surface area contributed by atoms with E-state index in [0.29, 0.717) is 11.6 Å². The Balaban J connectivity index is 1.38. The number of hydrogen-bond donors (Lipinski definition) is 0. The molecule has 6 aromatic rings. The van der Waals surface area contributed by atoms with Gasteiger partial charge in [0.15, 0.2) is 5.82 Å². The SMILES string of the molecule is [B]Oc1ccccc1-c1cccc(-c2ccc(-c3nc(-c4ccccc4)cc(-c4ccccc4)n3)cc2)n1. The molecule has 2 aromatic heterocycles. The first-order valence-electron chi connectivity index (χ1n) is 12.3. The topological polar surface area (TPSA) is 47.9 Å². The van der Waals surface area contributed by atoms with Crippen molar-refractivity contribution >= 4 is 8.05 Å². The Kier molecular flexibility index (Phi) is 6.48. The van der Waals surface area contributed by atoms with Gasteiger partial charge in [-0.1, -0.05) is 103 Å². The van der Waals surface area contributed by atoms with Gasteiger partial charge in [-0.3, -0.25) is 0 Å². The van der Waals surface area contributed by atoms with Crippen molar-refractivity contribution in [2.24, 2.45) is 0 Å². The summed E-state index contributed by atoms with van der Waals surface area (Å²) in [6, 6.07) is 44.1. The first kappa shape index (κ1) is 23.4. The van der Waals surface area contributed by atoms with Gasteiger partial charge in [0.1, 0.15) is 5.75 Å². The molecular formula is C33H22BN3O. The number of nitrogens with zero attached hydrogens (tertiary/aromatic N) is 3. The summed E-state index contributed by atoms with van der Waals surface area (Å²) in [5, 5.41) is 0. The van der Waals surface area contributed by atoms with Gasteiger partial charge in [0, 0.05) is 27.8 Å². The van der Waals surface area contributed by atoms with Crippen LogP contribution in [-0.2, 0) is 0 Å². The van der Waals surface area contributed by atoms with E-state index in [2.05, 4.69) is 24.3 Å². The van der Waals surface area contributed by atoms with Crippen LogP contribution in [0, 0.1) is 0 Å². The lowest BCUT2D eigenvalue weighted by atomic mass is 10.0. The van der Waals surface area contributed by atoms with Crippen molar-refractivity contribution in [3.8, 4) is 62.2 Å². The Labute approximate surface area is 223 Å². The van der Waals surface area contributed by atoms with Crippen LogP contribution in [-0.4, -0.2) is 23.0 Å². The van der Waals surface area contributed by atoms with Crippen LogP contribution < -0.4 is 4.65 Å². The normalized spacial score (nSPS) is 10.7. The van der Waals surface area contributed by atoms with Crippen molar-refractivity contribution in [1.82, 2.24) is 15.0 Å². The molecule has 0 aliphatic heterocycles. The Morgan fingerprint density at radius 2 is 0.947 bits per heavy atom. The second-order valence-corrected chi connectivity index (χ2v) is 8.79. The fraction of sp³-hybridized carbons (Fsp3) is 0. The van der Waals surface area contributed by atoms with Gasteiger partial charge in [0.05, 0.1) is 22.8 Å². The Morgan fingerprint density at radius 3 is 1.58 bits per heavy atom. The van der Waals surface area contributed by atoms with Gasteiger partial charge in [0.25, 0.3) is 0 Å². The molecule has 38 heavy (non-hydrogen) atoms. The molecule has 0 bridgehead atoms. The lowest BCUT2D eigenvalue weighted by molar-refractivity contribution is 0.618. The number of rotatable bonds is 6. The maximum absolute atomic E-state index is 5.46. The van der Waals surface area contributed by atoms with E-state index in [1.165, 1.54) is 0 Å². The largest absolute Gasteiger partial charge is 0.567 e. The molecule has 0 aliphatic carbocycles. The third kappa shape index (κ3) is 4.82. The standard InChI is InChI=1S/C33H22BN3O/c34-38-32-17-8-7-14-27(32)29-16-9-15-28(35-29)25-18-20-26(21-19-25)33-36-30(23-10-3-1-4-11-23)22-31(37-33)24-12-5-2-6-13-24/h1-22H. The highest BCUT2D eigenvalue weighted by atomic mass is 16.4. The van der Waals surface area contributed by atoms with E-state index < -0.39 is 0 Å². The summed E-state index contributed by atoms with van der Waals surface area (Å²) in [6.45, 7) is 0. The van der Waals surface area contributed by atoms with E-state index >= 15 is 0 Å². The third-order valence-electron chi connectivity index (χ3n) is 6.34. The molecule has 4 aromatic carbocycles. The maximum Gasteiger partial charge on any atom is 0.374 e. The van der Waals surface area contributed by atoms with Gasteiger partial charge in [-0.2, -0.15) is 0 Å². The summed E-state index contributed by atoms with van der Waals surface area (Å²) in [4.78, 5) is 14.7. The monoisotopic (exact) mass is 487 g/mol. The lowest BCUT2D eigenvalue weighted by Crippen LogP contribution is -1.96. The Bertz CT molecular complexity index is 1630. The maximum atomic E-state index is 5.46. The molecule has 0 unspecified atom stereocenters. The molecule has 2 radical (unpaired) electrons. The van der Waals surface area contributed by atoms with Crippen LogP contribution in [0.2, 0.25) is 0 Å². The Morgan fingerprint density at radius 1 is 0.421 bits per heavy atom. The molecule has 178 valence electrons. The number of aromatic nitrogens is 3. The van der Waals surface area contributed by atoms with Crippen molar-refractivity contribution in [1.29, 1.82) is 0 Å². The number of hydrogen-bond acceptors (Lipinski definition) is 4. The van der Waals surface area contributed by atoms with Gasteiger partial charge in [0.2, 0.25) is 0 Å². The predicted octanol–water partition coefficient (Wildman–Crippen LogP) is 7.67. The van der Waals surface area contributed by atoms with Crippen molar-refractivity contribution in [3.63, 3.8) is 0 Å². The van der Waals surface area contributed by atoms with E-state index in [0.717, 1.165) is 50.6 Å². The number of pyridine rings is 1. The zero-order valence-electron chi connectivity index (χ0n) is 20.5. The highest BCUT2D eigenvalue weighted by molar-refractivity contribution is 6.00. The molecule has 4 nitrogen and oxygen atoms in total. The van der Waals surface area contributed by atoms with Gasteiger partial charge < -0.3 is 4.65 Å². The average Bonchev–Trinajstić information content (AvgIpc) is 3.02. The van der Waals surface area contributed by atoms with E-state index in [4.69, 9.17) is 27.7 Å². The summed E-state index contributed by atoms with van der Waals surface area (Å²) in [7, 11) is 5.46. The molecule has 0 atom stereocenters. The van der Waals surface area contributed by atoms with Crippen LogP contribution in [0.1, 0.15) is 0 Å². The fourth-order valence-corrected chi connectivity index (χ4v) is 4.41. The molecular weight excluding hydrogens is 465 g/mol. The first-order chi connectivity index (χ1) is 18.8. The minimum Gasteiger partial charge on any atom is -0.567 e. The molecule has 0 saturated carbocycles. The van der Waals surface area contributed by atoms with Gasteiger partial charge in [-0.05, 0) is 30.3 Å². The first-order valence-corrected chi connectivity index (χ1v) is 12.3. The minimum atomic E-state index is 0.581. The van der Waals surface area contributed by atoms with Crippen LogP contribution in [0.15, 0.2) is 133 Å². The van der Waals surface area contributed by atoms with E-state index in [-0.39, 0.29) is 0 Å². The highest BCUT2D eigenvalue weighted by Gasteiger charge is 2.12. The minimum absolute atomic E-state index is 0.581. The van der Waals surface area contributed by atoms with Gasteiger partial charge >= 0.3 is 8.05 Å². The fourth-order valence-electron chi connectivity index (χ4n) is 4.41. The molecule has 0 fully saturated rings. The summed E-state index contributed by atoms with van der Waals surface area (Å²) >= 11 is 0. The summed E-state index contributed by atoms with van der Waals surface area (Å²) in [5.74, 6) is 1.25. The van der Waals surface area contributed by atoms with Crippen molar-refractivity contribution < 1.29 is 4.65 Å². The molecule has 0 amide bonds. The summed E-state index contributed by atoms with van der Waals surface area (Å²) in [5.41, 5.74) is 8.27. The second kappa shape index (κ2) is 10.5. The smallest absolute Gasteiger partial charge is 0.374 e. The van der Waals surface area contributed by atoms with E-state index in [9.17, 15) is 0 Å². The predicted molar refractivity (Wildman–Crippen MR) is 153 cm³/mol. The van der Waals surface area contributed by atoms with Crippen molar-refractivity contribution in [3.05, 3.63) is 133 Å². The van der Waals surface area contributed by atoms with E-state index in [1.807, 2.05) is 109 Å². The molecule has 0 aliphatic rings. The highest BCUT2D eigenvalue weighted by Crippen LogP contribution is 2.31. The second-order valence-electron chi connectivity index (χ2n) is 8.79. The van der Waals surface area contributed by atoms with Crippen LogP contribution in [0.3, 0.4) is 0 Å². The van der Waals surface area contributed by atoms with Crippen molar-refractivity contribution in [2.45, 2.75) is 0 Å². The van der Waals surface area contributed by atoms with Gasteiger partial charge in [-0.15, -0.1) is 0 Å². The zero-order valence-corrected chi connectivity index (χ0v) is 20.5. The van der Waals surface area contributed by atoms with E-state index in [1.54, 1.807) is 0 Å². The van der Waals surface area contributed by atoms with Gasteiger partial charge in [-0.25, -0.2) is 15.0 Å². The number of benzene rings is 4. The Hall–Kier alpha value is -5.03. The third-order valence-corrected chi connectivity index (χ3v) is 6.34. The molecule has 5 heteroatoms. The van der Waals surface area contributed by atoms with Crippen LogP contribution in [0.4, 0.5) is 0 Å². The molecule has 6 rings (SSSR count). The molecule has 0 saturated heterocycles. The van der Waals surface area contributed by atoms with Crippen molar-refractivity contribution in [2.75, 3.05) is 0 Å². The lowest BCUT2D eigenvalue weighted by Gasteiger charge is -2.11.